The number of hydrogen-bond donors (Lipinski definition) is 0. The van der Waals surface area contributed by atoms with Gasteiger partial charge in [0.2, 0.25) is 0 Å². The van der Waals surface area contributed by atoms with E-state index in [9.17, 15) is 4.79 Å². The second kappa shape index (κ2) is 7.75. The van der Waals surface area contributed by atoms with Crippen LogP contribution in [-0.4, -0.2) is 29.0 Å². The first kappa shape index (κ1) is 18.2. The minimum absolute atomic E-state index is 0.283. The molecule has 6 heteroatoms. The smallest absolute Gasteiger partial charge is 0.343 e. The Labute approximate surface area is 157 Å². The molecule has 2 aromatic carbocycles. The van der Waals surface area contributed by atoms with E-state index in [1.54, 1.807) is 24.1 Å². The van der Waals surface area contributed by atoms with Crippen LogP contribution in [0.15, 0.2) is 54.7 Å². The molecule has 0 aliphatic rings. The highest BCUT2D eigenvalue weighted by Crippen LogP contribution is 2.27. The Morgan fingerprint density at radius 1 is 1.22 bits per heavy atom. The van der Waals surface area contributed by atoms with E-state index >= 15 is 0 Å². The number of methoxy groups -OCH3 is 1. The van der Waals surface area contributed by atoms with E-state index in [4.69, 9.17) is 14.7 Å². The molecule has 0 unspecified atom stereocenters. The first-order valence-corrected chi connectivity index (χ1v) is 8.43. The summed E-state index contributed by atoms with van der Waals surface area (Å²) in [5, 5.41) is 13.5. The van der Waals surface area contributed by atoms with E-state index in [2.05, 4.69) is 5.10 Å². The minimum atomic E-state index is -0.849. The summed E-state index contributed by atoms with van der Waals surface area (Å²) in [6.07, 6.45) is 0.768. The van der Waals surface area contributed by atoms with Crippen molar-refractivity contribution in [3.8, 4) is 28.8 Å². The van der Waals surface area contributed by atoms with Crippen molar-refractivity contribution in [1.29, 1.82) is 5.26 Å². The molecule has 0 saturated carbocycles. The van der Waals surface area contributed by atoms with Crippen LogP contribution in [0.3, 0.4) is 0 Å². The maximum absolute atomic E-state index is 12.6. The van der Waals surface area contributed by atoms with Crippen molar-refractivity contribution in [2.24, 2.45) is 0 Å². The van der Waals surface area contributed by atoms with Gasteiger partial charge in [0, 0.05) is 11.8 Å². The summed E-state index contributed by atoms with van der Waals surface area (Å²) in [6, 6.07) is 17.0. The lowest BCUT2D eigenvalue weighted by atomic mass is 10.1. The van der Waals surface area contributed by atoms with Crippen LogP contribution >= 0.6 is 0 Å². The summed E-state index contributed by atoms with van der Waals surface area (Å²) in [4.78, 5) is 12.6. The van der Waals surface area contributed by atoms with E-state index in [-0.39, 0.29) is 5.56 Å². The predicted molar refractivity (Wildman–Crippen MR) is 101 cm³/mol. The highest BCUT2D eigenvalue weighted by atomic mass is 16.5. The van der Waals surface area contributed by atoms with Gasteiger partial charge in [0.15, 0.2) is 6.10 Å². The van der Waals surface area contributed by atoms with Gasteiger partial charge < -0.3 is 9.47 Å². The average Bonchev–Trinajstić information content (AvgIpc) is 3.14. The van der Waals surface area contributed by atoms with Crippen LogP contribution < -0.4 is 4.74 Å². The summed E-state index contributed by atoms with van der Waals surface area (Å²) in [6.45, 7) is 3.52. The second-order valence-corrected chi connectivity index (χ2v) is 6.08. The lowest BCUT2D eigenvalue weighted by Gasteiger charge is -2.06. The summed E-state index contributed by atoms with van der Waals surface area (Å²) < 4.78 is 12.1. The number of carbonyl (C=O) groups excluding carboxylic acids is 1. The van der Waals surface area contributed by atoms with Gasteiger partial charge in [0.1, 0.15) is 23.1 Å². The Hall–Kier alpha value is -3.59. The quantitative estimate of drug-likeness (QED) is 0.644. The highest BCUT2D eigenvalue weighted by Gasteiger charge is 2.22. The fraction of sp³-hybridized carbons (Fsp3) is 0.190. The molecule has 0 aliphatic carbocycles. The molecular formula is C21H19N3O3. The molecule has 1 heterocycles. The first-order chi connectivity index (χ1) is 13.0. The van der Waals surface area contributed by atoms with Crippen molar-refractivity contribution >= 4 is 5.97 Å². The summed E-state index contributed by atoms with van der Waals surface area (Å²) >= 11 is 0. The fourth-order valence-electron chi connectivity index (χ4n) is 2.59. The van der Waals surface area contributed by atoms with Gasteiger partial charge in [-0.05, 0) is 38.1 Å². The zero-order chi connectivity index (χ0) is 19.4. The van der Waals surface area contributed by atoms with Crippen LogP contribution in [0.2, 0.25) is 0 Å². The topological polar surface area (TPSA) is 77.1 Å². The molecule has 1 atom stereocenters. The van der Waals surface area contributed by atoms with Crippen molar-refractivity contribution in [2.45, 2.75) is 20.0 Å². The SMILES string of the molecule is COc1cccc(-c2nn(-c3ccc(C)cc3)cc2C(=O)O[C@H](C)C#N)c1. The molecule has 0 aliphatic heterocycles. The number of aryl methyl sites for hydroxylation is 1. The lowest BCUT2D eigenvalue weighted by molar-refractivity contribution is 0.0436. The number of hydrogen-bond acceptors (Lipinski definition) is 5. The van der Waals surface area contributed by atoms with E-state index in [1.807, 2.05) is 55.5 Å². The molecule has 0 saturated heterocycles. The van der Waals surface area contributed by atoms with Crippen molar-refractivity contribution < 1.29 is 14.3 Å². The van der Waals surface area contributed by atoms with E-state index in [1.165, 1.54) is 6.92 Å². The number of carbonyl (C=O) groups is 1. The number of ether oxygens (including phenoxy) is 2. The van der Waals surface area contributed by atoms with Crippen LogP contribution in [0, 0.1) is 18.3 Å². The van der Waals surface area contributed by atoms with Crippen LogP contribution in [-0.2, 0) is 4.74 Å². The first-order valence-electron chi connectivity index (χ1n) is 8.43. The number of esters is 1. The summed E-state index contributed by atoms with van der Waals surface area (Å²) in [7, 11) is 1.58. The molecular weight excluding hydrogens is 342 g/mol. The Kier molecular flexibility index (Phi) is 5.23. The Morgan fingerprint density at radius 3 is 2.63 bits per heavy atom. The largest absolute Gasteiger partial charge is 0.497 e. The zero-order valence-corrected chi connectivity index (χ0v) is 15.3. The monoisotopic (exact) mass is 361 g/mol. The van der Waals surface area contributed by atoms with Gasteiger partial charge in [0.25, 0.3) is 0 Å². The second-order valence-electron chi connectivity index (χ2n) is 6.08. The third-order valence-electron chi connectivity index (χ3n) is 4.04. The molecule has 0 spiro atoms. The van der Waals surface area contributed by atoms with Crippen LogP contribution in [0.1, 0.15) is 22.8 Å². The van der Waals surface area contributed by atoms with E-state index < -0.39 is 12.1 Å². The van der Waals surface area contributed by atoms with Crippen LogP contribution in [0.4, 0.5) is 0 Å². The molecule has 3 aromatic rings. The lowest BCUT2D eigenvalue weighted by Crippen LogP contribution is -2.13. The van der Waals surface area contributed by atoms with Gasteiger partial charge >= 0.3 is 5.97 Å². The number of rotatable bonds is 5. The number of nitriles is 1. The summed E-state index contributed by atoms with van der Waals surface area (Å²) in [5.74, 6) is 0.0577. The van der Waals surface area contributed by atoms with Gasteiger partial charge in [-0.2, -0.15) is 10.4 Å². The molecule has 0 amide bonds. The molecule has 1 aromatic heterocycles. The molecule has 27 heavy (non-hydrogen) atoms. The van der Waals surface area contributed by atoms with Gasteiger partial charge in [-0.15, -0.1) is 0 Å². The maximum Gasteiger partial charge on any atom is 0.343 e. The van der Waals surface area contributed by atoms with Gasteiger partial charge in [-0.3, -0.25) is 0 Å². The molecule has 136 valence electrons. The molecule has 0 fully saturated rings. The number of aromatic nitrogens is 2. The van der Waals surface area contributed by atoms with Crippen molar-refractivity contribution in [3.05, 3.63) is 65.9 Å². The third kappa shape index (κ3) is 3.98. The van der Waals surface area contributed by atoms with Gasteiger partial charge in [-0.1, -0.05) is 29.8 Å². The van der Waals surface area contributed by atoms with Crippen molar-refractivity contribution in [1.82, 2.24) is 9.78 Å². The fourth-order valence-corrected chi connectivity index (χ4v) is 2.59. The van der Waals surface area contributed by atoms with E-state index in [0.717, 1.165) is 16.8 Å². The summed E-state index contributed by atoms with van der Waals surface area (Å²) in [5.41, 5.74) is 3.41. The Balaban J connectivity index is 2.10. The van der Waals surface area contributed by atoms with Crippen molar-refractivity contribution in [2.75, 3.05) is 7.11 Å². The van der Waals surface area contributed by atoms with E-state index in [0.29, 0.717) is 11.4 Å². The van der Waals surface area contributed by atoms with Gasteiger partial charge in [0.05, 0.1) is 12.8 Å². The molecule has 6 nitrogen and oxygen atoms in total. The molecule has 0 bridgehead atoms. The number of nitrogens with zero attached hydrogens (tertiary/aromatic N) is 3. The Bertz CT molecular complexity index is 1000. The Morgan fingerprint density at radius 2 is 1.96 bits per heavy atom. The molecule has 3 rings (SSSR count). The van der Waals surface area contributed by atoms with Crippen LogP contribution in [0.5, 0.6) is 5.75 Å². The number of benzene rings is 2. The molecule has 0 radical (unpaired) electrons. The third-order valence-corrected chi connectivity index (χ3v) is 4.04. The standard InChI is InChI=1S/C21H19N3O3/c1-14-7-9-17(10-8-14)24-13-19(21(25)27-15(2)12-22)20(23-24)16-5-4-6-18(11-16)26-3/h4-11,13,15H,1-3H3/t15-/m1/s1. The molecule has 0 N–H and O–H groups in total. The zero-order valence-electron chi connectivity index (χ0n) is 15.3. The highest BCUT2D eigenvalue weighted by molar-refractivity contribution is 5.96. The maximum atomic E-state index is 12.6. The van der Waals surface area contributed by atoms with Crippen molar-refractivity contribution in [3.63, 3.8) is 0 Å². The van der Waals surface area contributed by atoms with Gasteiger partial charge in [-0.25, -0.2) is 9.48 Å². The average molecular weight is 361 g/mol. The minimum Gasteiger partial charge on any atom is -0.497 e. The normalized spacial score (nSPS) is 11.5. The predicted octanol–water partition coefficient (Wildman–Crippen LogP) is 3.93. The van der Waals surface area contributed by atoms with Crippen LogP contribution in [0.25, 0.3) is 16.9 Å².